The molecule has 0 saturated carbocycles. The predicted molar refractivity (Wildman–Crippen MR) is 120 cm³/mol. The Labute approximate surface area is 188 Å². The van der Waals surface area contributed by atoms with E-state index in [-0.39, 0.29) is 22.4 Å². The van der Waals surface area contributed by atoms with Crippen molar-refractivity contribution in [1.29, 1.82) is 0 Å². The van der Waals surface area contributed by atoms with Crippen LogP contribution in [0.2, 0.25) is 5.15 Å². The van der Waals surface area contributed by atoms with Crippen molar-refractivity contribution in [2.45, 2.75) is 39.2 Å². The standard InChI is InChI=1S/C22H23ClFN5O3/c1-12-10-14(13(2)25-15-6-7-16(23)26-18(15)22(31)32)19-27-20(28-8-4-3-5-9-28)17(24)21(30)29(19)11-12/h6-7,10-11,13,25H,3-5,8-9H2,1-2H3,(H,31,32)/t13-/m1/s1. The summed E-state index contributed by atoms with van der Waals surface area (Å²) >= 11 is 5.85. The fourth-order valence-electron chi connectivity index (χ4n) is 4.03. The number of anilines is 2. The molecule has 4 rings (SSSR count). The molecular formula is C22H23ClFN5O3. The van der Waals surface area contributed by atoms with Crippen LogP contribution in [-0.2, 0) is 0 Å². The Kier molecular flexibility index (Phi) is 6.01. The highest BCUT2D eigenvalue weighted by Crippen LogP contribution is 2.28. The number of carboxylic acids is 1. The number of halogens is 2. The molecule has 0 spiro atoms. The summed E-state index contributed by atoms with van der Waals surface area (Å²) in [5.74, 6) is -2.02. The molecule has 32 heavy (non-hydrogen) atoms. The van der Waals surface area contributed by atoms with Gasteiger partial charge in [-0.2, -0.15) is 4.39 Å². The smallest absolute Gasteiger partial charge is 0.356 e. The molecular weight excluding hydrogens is 437 g/mol. The molecule has 0 aromatic carbocycles. The second-order valence-electron chi connectivity index (χ2n) is 7.97. The van der Waals surface area contributed by atoms with Gasteiger partial charge in [-0.3, -0.25) is 9.20 Å². The van der Waals surface area contributed by atoms with Crippen LogP contribution in [0.15, 0.2) is 29.2 Å². The molecule has 1 atom stereocenters. The lowest BCUT2D eigenvalue weighted by molar-refractivity contribution is 0.0691. The zero-order valence-corrected chi connectivity index (χ0v) is 18.5. The van der Waals surface area contributed by atoms with E-state index in [1.54, 1.807) is 13.1 Å². The summed E-state index contributed by atoms with van der Waals surface area (Å²) in [4.78, 5) is 34.7. The van der Waals surface area contributed by atoms with Crippen molar-refractivity contribution in [3.8, 4) is 0 Å². The molecule has 0 aliphatic carbocycles. The number of carboxylic acid groups (broad SMARTS) is 1. The number of pyridine rings is 2. The van der Waals surface area contributed by atoms with Crippen molar-refractivity contribution >= 4 is 34.7 Å². The maximum absolute atomic E-state index is 15.0. The number of nitrogens with zero attached hydrogens (tertiary/aromatic N) is 4. The van der Waals surface area contributed by atoms with Crippen molar-refractivity contribution in [1.82, 2.24) is 14.4 Å². The van der Waals surface area contributed by atoms with Crippen LogP contribution >= 0.6 is 11.6 Å². The molecule has 2 N–H and O–H groups in total. The van der Waals surface area contributed by atoms with Gasteiger partial charge in [0.2, 0.25) is 5.82 Å². The SMILES string of the molecule is Cc1cc([C@@H](C)Nc2ccc(Cl)nc2C(=O)O)c2nc(N3CCCCC3)c(F)c(=O)n2c1. The maximum Gasteiger partial charge on any atom is 0.356 e. The summed E-state index contributed by atoms with van der Waals surface area (Å²) < 4.78 is 16.2. The van der Waals surface area contributed by atoms with Gasteiger partial charge in [0.1, 0.15) is 10.8 Å². The van der Waals surface area contributed by atoms with Crippen LogP contribution in [0.4, 0.5) is 15.9 Å². The van der Waals surface area contributed by atoms with Gasteiger partial charge >= 0.3 is 5.97 Å². The number of aryl methyl sites for hydroxylation is 1. The molecule has 3 aromatic heterocycles. The van der Waals surface area contributed by atoms with E-state index in [2.05, 4.69) is 15.3 Å². The third-order valence-electron chi connectivity index (χ3n) is 5.57. The molecule has 3 aromatic rings. The second-order valence-corrected chi connectivity index (χ2v) is 8.36. The number of hydrogen-bond acceptors (Lipinski definition) is 6. The van der Waals surface area contributed by atoms with Crippen LogP contribution < -0.4 is 15.8 Å². The minimum absolute atomic E-state index is 0.0615. The van der Waals surface area contributed by atoms with E-state index in [0.29, 0.717) is 24.3 Å². The lowest BCUT2D eigenvalue weighted by Crippen LogP contribution is -2.34. The van der Waals surface area contributed by atoms with Gasteiger partial charge in [-0.1, -0.05) is 11.6 Å². The van der Waals surface area contributed by atoms with Gasteiger partial charge in [0, 0.05) is 24.8 Å². The molecule has 8 nitrogen and oxygen atoms in total. The summed E-state index contributed by atoms with van der Waals surface area (Å²) in [5, 5.41) is 12.7. The molecule has 10 heteroatoms. The highest BCUT2D eigenvalue weighted by Gasteiger charge is 2.23. The first-order valence-electron chi connectivity index (χ1n) is 10.4. The van der Waals surface area contributed by atoms with Crippen molar-refractivity contribution < 1.29 is 14.3 Å². The van der Waals surface area contributed by atoms with Crippen LogP contribution in [0.3, 0.4) is 0 Å². The predicted octanol–water partition coefficient (Wildman–Crippen LogP) is 4.05. The van der Waals surface area contributed by atoms with Crippen LogP contribution in [0.1, 0.15) is 53.8 Å². The van der Waals surface area contributed by atoms with Gasteiger partial charge in [-0.05, 0) is 56.9 Å². The number of aromatic carboxylic acids is 1. The maximum atomic E-state index is 15.0. The van der Waals surface area contributed by atoms with Crippen LogP contribution in [-0.4, -0.2) is 38.5 Å². The molecule has 168 valence electrons. The van der Waals surface area contributed by atoms with Crippen LogP contribution in [0.25, 0.3) is 5.65 Å². The third kappa shape index (κ3) is 4.12. The van der Waals surface area contributed by atoms with E-state index in [0.717, 1.165) is 24.8 Å². The first-order chi connectivity index (χ1) is 15.3. The zero-order valence-electron chi connectivity index (χ0n) is 17.7. The Balaban J connectivity index is 1.82. The summed E-state index contributed by atoms with van der Waals surface area (Å²) in [7, 11) is 0. The number of piperidine rings is 1. The number of nitrogens with one attached hydrogen (secondary N) is 1. The topological polar surface area (TPSA) is 99.8 Å². The average molecular weight is 460 g/mol. The summed E-state index contributed by atoms with van der Waals surface area (Å²) in [6.07, 6.45) is 4.45. The molecule has 1 aliphatic heterocycles. The molecule has 1 fully saturated rings. The largest absolute Gasteiger partial charge is 0.476 e. The molecule has 0 amide bonds. The van der Waals surface area contributed by atoms with Gasteiger partial charge < -0.3 is 15.3 Å². The summed E-state index contributed by atoms with van der Waals surface area (Å²) in [6, 6.07) is 4.41. The quantitative estimate of drug-likeness (QED) is 0.555. The van der Waals surface area contributed by atoms with Gasteiger partial charge in [-0.25, -0.2) is 14.8 Å². The number of carbonyl (C=O) groups is 1. The Bertz CT molecular complexity index is 1260. The average Bonchev–Trinajstić information content (AvgIpc) is 2.77. The monoisotopic (exact) mass is 459 g/mol. The highest BCUT2D eigenvalue weighted by atomic mass is 35.5. The number of aromatic nitrogens is 3. The van der Waals surface area contributed by atoms with E-state index in [1.807, 2.05) is 17.9 Å². The van der Waals surface area contributed by atoms with Crippen molar-refractivity contribution in [2.75, 3.05) is 23.3 Å². The van der Waals surface area contributed by atoms with E-state index in [1.165, 1.54) is 16.5 Å². The third-order valence-corrected chi connectivity index (χ3v) is 5.79. The minimum atomic E-state index is -1.22. The van der Waals surface area contributed by atoms with E-state index in [9.17, 15) is 19.1 Å². The lowest BCUT2D eigenvalue weighted by atomic mass is 10.1. The fraction of sp³-hybridized carbons (Fsp3) is 0.364. The van der Waals surface area contributed by atoms with Gasteiger partial charge in [-0.15, -0.1) is 0 Å². The number of rotatable bonds is 5. The van der Waals surface area contributed by atoms with Crippen molar-refractivity contribution in [2.24, 2.45) is 0 Å². The number of fused-ring (bicyclic) bond motifs is 1. The van der Waals surface area contributed by atoms with E-state index < -0.39 is 23.4 Å². The van der Waals surface area contributed by atoms with Gasteiger partial charge in [0.25, 0.3) is 5.56 Å². The molecule has 1 aliphatic rings. The molecule has 4 heterocycles. The minimum Gasteiger partial charge on any atom is -0.476 e. The van der Waals surface area contributed by atoms with E-state index >= 15 is 0 Å². The molecule has 0 radical (unpaired) electrons. The molecule has 1 saturated heterocycles. The van der Waals surface area contributed by atoms with Crippen molar-refractivity contribution in [3.05, 3.63) is 62.5 Å². The highest BCUT2D eigenvalue weighted by molar-refractivity contribution is 6.29. The van der Waals surface area contributed by atoms with Crippen molar-refractivity contribution in [3.63, 3.8) is 0 Å². The van der Waals surface area contributed by atoms with Crippen LogP contribution in [0, 0.1) is 12.7 Å². The number of hydrogen-bond donors (Lipinski definition) is 2. The lowest BCUT2D eigenvalue weighted by Gasteiger charge is -2.28. The first-order valence-corrected chi connectivity index (χ1v) is 10.8. The Morgan fingerprint density at radius 3 is 2.66 bits per heavy atom. The summed E-state index contributed by atoms with van der Waals surface area (Å²) in [6.45, 7) is 4.90. The zero-order chi connectivity index (χ0) is 23.0. The summed E-state index contributed by atoms with van der Waals surface area (Å²) in [5.41, 5.74) is 0.990. The molecule has 0 unspecified atom stereocenters. The Hall–Kier alpha value is -3.20. The normalized spacial score (nSPS) is 15.1. The van der Waals surface area contributed by atoms with Gasteiger partial charge in [0.15, 0.2) is 11.5 Å². The first kappa shape index (κ1) is 22.0. The van der Waals surface area contributed by atoms with E-state index in [4.69, 9.17) is 11.6 Å². The fourth-order valence-corrected chi connectivity index (χ4v) is 4.18. The van der Waals surface area contributed by atoms with Crippen LogP contribution in [0.5, 0.6) is 0 Å². The Morgan fingerprint density at radius 1 is 1.25 bits per heavy atom. The second kappa shape index (κ2) is 8.74. The molecule has 0 bridgehead atoms. The van der Waals surface area contributed by atoms with Gasteiger partial charge in [0.05, 0.1) is 11.7 Å². The Morgan fingerprint density at radius 2 is 1.97 bits per heavy atom.